The van der Waals surface area contributed by atoms with Crippen molar-refractivity contribution < 1.29 is 0 Å². The molecule has 0 aromatic carbocycles. The summed E-state index contributed by atoms with van der Waals surface area (Å²) in [6, 6.07) is 6.93. The van der Waals surface area contributed by atoms with Gasteiger partial charge in [-0.25, -0.2) is 0 Å². The zero-order valence-corrected chi connectivity index (χ0v) is 11.2. The molecule has 3 nitrogen and oxygen atoms in total. The Hall–Kier alpha value is -0.930. The smallest absolute Gasteiger partial charge is 0.0543 e. The number of pyridine rings is 1. The van der Waals surface area contributed by atoms with Crippen LogP contribution in [-0.4, -0.2) is 36.1 Å². The first-order chi connectivity index (χ1) is 8.84. The molecule has 1 aliphatic heterocycles. The third kappa shape index (κ3) is 2.43. The van der Waals surface area contributed by atoms with E-state index in [-0.39, 0.29) is 0 Å². The molecular formula is C15H23N3. The van der Waals surface area contributed by atoms with Gasteiger partial charge >= 0.3 is 0 Å². The Morgan fingerprint density at radius 1 is 1.33 bits per heavy atom. The second kappa shape index (κ2) is 5.37. The molecule has 1 aromatic rings. The minimum atomic E-state index is 0.737. The Bertz CT molecular complexity index is 379. The van der Waals surface area contributed by atoms with E-state index in [1.165, 1.54) is 38.0 Å². The molecule has 1 saturated heterocycles. The van der Waals surface area contributed by atoms with Crippen molar-refractivity contribution in [3.63, 3.8) is 0 Å². The predicted molar refractivity (Wildman–Crippen MR) is 73.2 cm³/mol. The highest BCUT2D eigenvalue weighted by Crippen LogP contribution is 2.35. The first kappa shape index (κ1) is 12.1. The van der Waals surface area contributed by atoms with Crippen LogP contribution >= 0.6 is 0 Å². The topological polar surface area (TPSA) is 28.2 Å². The van der Waals surface area contributed by atoms with Crippen LogP contribution in [0.3, 0.4) is 0 Å². The van der Waals surface area contributed by atoms with Gasteiger partial charge in [0.1, 0.15) is 0 Å². The van der Waals surface area contributed by atoms with Crippen molar-refractivity contribution in [1.82, 2.24) is 15.2 Å². The zero-order valence-electron chi connectivity index (χ0n) is 11.2. The largest absolute Gasteiger partial charge is 0.316 e. The molecule has 2 heterocycles. The maximum absolute atomic E-state index is 4.44. The van der Waals surface area contributed by atoms with Gasteiger partial charge in [-0.15, -0.1) is 0 Å². The van der Waals surface area contributed by atoms with Gasteiger partial charge in [-0.1, -0.05) is 12.5 Å². The van der Waals surface area contributed by atoms with Crippen LogP contribution in [-0.2, 0) is 6.54 Å². The third-order valence-corrected chi connectivity index (χ3v) is 4.66. The highest BCUT2D eigenvalue weighted by Gasteiger charge is 2.38. The van der Waals surface area contributed by atoms with Crippen molar-refractivity contribution >= 4 is 0 Å². The van der Waals surface area contributed by atoms with Crippen LogP contribution < -0.4 is 5.32 Å². The lowest BCUT2D eigenvalue weighted by Crippen LogP contribution is -2.43. The van der Waals surface area contributed by atoms with E-state index >= 15 is 0 Å². The van der Waals surface area contributed by atoms with E-state index in [1.807, 2.05) is 12.3 Å². The first-order valence-electron chi connectivity index (χ1n) is 7.15. The second-order valence-electron chi connectivity index (χ2n) is 5.82. The second-order valence-corrected chi connectivity index (χ2v) is 5.82. The van der Waals surface area contributed by atoms with E-state index in [1.54, 1.807) is 0 Å². The van der Waals surface area contributed by atoms with Crippen molar-refractivity contribution in [1.29, 1.82) is 0 Å². The summed E-state index contributed by atoms with van der Waals surface area (Å²) in [5, 5.41) is 3.57. The van der Waals surface area contributed by atoms with E-state index in [0.717, 1.165) is 24.4 Å². The molecule has 0 spiro atoms. The SMILES string of the molecule is CN(Cc1ccccn1)[C@@H]1CCC[C@@H]2CNC[C@H]21. The van der Waals surface area contributed by atoms with Gasteiger partial charge in [-0.2, -0.15) is 0 Å². The molecule has 2 aliphatic rings. The van der Waals surface area contributed by atoms with Gasteiger partial charge in [-0.3, -0.25) is 9.88 Å². The van der Waals surface area contributed by atoms with Gasteiger partial charge in [0.05, 0.1) is 5.69 Å². The summed E-state index contributed by atoms with van der Waals surface area (Å²) in [5.74, 6) is 1.77. The van der Waals surface area contributed by atoms with Gasteiger partial charge in [-0.05, 0) is 56.9 Å². The Labute approximate surface area is 110 Å². The zero-order chi connectivity index (χ0) is 12.4. The van der Waals surface area contributed by atoms with Crippen molar-refractivity contribution in [3.8, 4) is 0 Å². The van der Waals surface area contributed by atoms with Crippen LogP contribution in [0.1, 0.15) is 25.0 Å². The average Bonchev–Trinajstić information content (AvgIpc) is 2.87. The summed E-state index contributed by atoms with van der Waals surface area (Å²) < 4.78 is 0. The number of rotatable bonds is 3. The van der Waals surface area contributed by atoms with Crippen LogP contribution in [0.2, 0.25) is 0 Å². The van der Waals surface area contributed by atoms with Gasteiger partial charge in [0.15, 0.2) is 0 Å². The predicted octanol–water partition coefficient (Wildman–Crippen LogP) is 1.90. The minimum Gasteiger partial charge on any atom is -0.316 e. The van der Waals surface area contributed by atoms with Crippen molar-refractivity contribution in [2.45, 2.75) is 31.8 Å². The van der Waals surface area contributed by atoms with Gasteiger partial charge < -0.3 is 5.32 Å². The molecule has 3 heteroatoms. The standard InChI is InChI=1S/C15H23N3/c1-18(11-13-6-2-3-8-17-13)15-7-4-5-12-9-16-10-14(12)15/h2-3,6,8,12,14-16H,4-5,7,9-11H2,1H3/t12-,14-,15-/m1/s1. The first-order valence-corrected chi connectivity index (χ1v) is 7.15. The molecule has 1 aromatic heterocycles. The summed E-state index contributed by atoms with van der Waals surface area (Å²) in [4.78, 5) is 6.96. The lowest BCUT2D eigenvalue weighted by atomic mass is 9.77. The summed E-state index contributed by atoms with van der Waals surface area (Å²) in [7, 11) is 2.26. The number of aromatic nitrogens is 1. The lowest BCUT2D eigenvalue weighted by molar-refractivity contribution is 0.105. The highest BCUT2D eigenvalue weighted by atomic mass is 15.2. The summed E-state index contributed by atoms with van der Waals surface area (Å²) in [6.07, 6.45) is 6.06. The molecule has 0 amide bonds. The van der Waals surface area contributed by atoms with E-state index in [0.29, 0.717) is 0 Å². The monoisotopic (exact) mass is 245 g/mol. The van der Waals surface area contributed by atoms with Crippen molar-refractivity contribution in [2.24, 2.45) is 11.8 Å². The van der Waals surface area contributed by atoms with Gasteiger partial charge in [0.2, 0.25) is 0 Å². The fourth-order valence-electron chi connectivity index (χ4n) is 3.73. The summed E-state index contributed by atoms with van der Waals surface area (Å²) in [5.41, 5.74) is 1.19. The van der Waals surface area contributed by atoms with Crippen LogP contribution in [0, 0.1) is 11.8 Å². The molecular weight excluding hydrogens is 222 g/mol. The van der Waals surface area contributed by atoms with Crippen LogP contribution in [0.25, 0.3) is 0 Å². The molecule has 98 valence electrons. The maximum Gasteiger partial charge on any atom is 0.0543 e. The maximum atomic E-state index is 4.44. The average molecular weight is 245 g/mol. The lowest BCUT2D eigenvalue weighted by Gasteiger charge is -2.39. The number of fused-ring (bicyclic) bond motifs is 1. The Morgan fingerprint density at radius 3 is 3.11 bits per heavy atom. The molecule has 2 fully saturated rings. The minimum absolute atomic E-state index is 0.737. The fraction of sp³-hybridized carbons (Fsp3) is 0.667. The Balaban J connectivity index is 1.66. The van der Waals surface area contributed by atoms with Crippen molar-refractivity contribution in [2.75, 3.05) is 20.1 Å². The molecule has 1 N–H and O–H groups in total. The summed E-state index contributed by atoms with van der Waals surface area (Å²) >= 11 is 0. The fourth-order valence-corrected chi connectivity index (χ4v) is 3.73. The number of nitrogens with zero attached hydrogens (tertiary/aromatic N) is 2. The highest BCUT2D eigenvalue weighted by molar-refractivity contribution is 5.04. The van der Waals surface area contributed by atoms with Crippen LogP contribution in [0.15, 0.2) is 24.4 Å². The van der Waals surface area contributed by atoms with Crippen molar-refractivity contribution in [3.05, 3.63) is 30.1 Å². The molecule has 1 aliphatic carbocycles. The van der Waals surface area contributed by atoms with Crippen LogP contribution in [0.4, 0.5) is 0 Å². The molecule has 1 saturated carbocycles. The molecule has 3 rings (SSSR count). The number of nitrogens with one attached hydrogen (secondary N) is 1. The normalized spacial score (nSPS) is 31.6. The molecule has 0 unspecified atom stereocenters. The van der Waals surface area contributed by atoms with Gasteiger partial charge in [0.25, 0.3) is 0 Å². The van der Waals surface area contributed by atoms with E-state index in [9.17, 15) is 0 Å². The molecule has 0 bridgehead atoms. The third-order valence-electron chi connectivity index (χ3n) is 4.66. The molecule has 0 radical (unpaired) electrons. The van der Waals surface area contributed by atoms with E-state index in [2.05, 4.69) is 34.4 Å². The number of hydrogen-bond acceptors (Lipinski definition) is 3. The molecule has 18 heavy (non-hydrogen) atoms. The quantitative estimate of drug-likeness (QED) is 0.881. The Morgan fingerprint density at radius 2 is 2.28 bits per heavy atom. The van der Waals surface area contributed by atoms with E-state index in [4.69, 9.17) is 0 Å². The molecule has 3 atom stereocenters. The summed E-state index contributed by atoms with van der Waals surface area (Å²) in [6.45, 7) is 3.43. The van der Waals surface area contributed by atoms with E-state index < -0.39 is 0 Å². The Kier molecular flexibility index (Phi) is 3.62. The number of hydrogen-bond donors (Lipinski definition) is 1. The van der Waals surface area contributed by atoms with Gasteiger partial charge in [0, 0.05) is 18.8 Å². The van der Waals surface area contributed by atoms with Crippen LogP contribution in [0.5, 0.6) is 0 Å².